The van der Waals surface area contributed by atoms with Gasteiger partial charge in [0.05, 0.1) is 16.0 Å². The molecular weight excluding hydrogens is 438 g/mol. The molecule has 9 heteroatoms. The van der Waals surface area contributed by atoms with Crippen LogP contribution in [-0.2, 0) is 6.54 Å². The van der Waals surface area contributed by atoms with Crippen molar-refractivity contribution < 1.29 is 5.11 Å². The number of halogens is 1. The maximum Gasteiger partial charge on any atom is 0.191 e. The van der Waals surface area contributed by atoms with Gasteiger partial charge in [-0.3, -0.25) is 0 Å². The van der Waals surface area contributed by atoms with Gasteiger partial charge in [-0.2, -0.15) is 5.26 Å². The zero-order chi connectivity index (χ0) is 21.1. The largest absolute Gasteiger partial charge is 0.510 e. The Bertz CT molecular complexity index is 1260. The number of aliphatic hydroxyl groups excluding tert-OH is 1. The monoisotopic (exact) mass is 453 g/mol. The highest BCUT2D eigenvalue weighted by atomic mass is 35.5. The molecule has 0 saturated heterocycles. The molecule has 4 rings (SSSR count). The molecule has 4 aromatic rings. The number of thiazole rings is 1. The third kappa shape index (κ3) is 4.05. The number of fused-ring (bicyclic) bond motifs is 1. The number of nitrogens with zero attached hydrogens (tertiary/aromatic N) is 5. The summed E-state index contributed by atoms with van der Waals surface area (Å²) < 4.78 is 2.92. The van der Waals surface area contributed by atoms with E-state index < -0.39 is 0 Å². The van der Waals surface area contributed by atoms with E-state index in [4.69, 9.17) is 11.6 Å². The molecule has 2 aromatic carbocycles. The van der Waals surface area contributed by atoms with Crippen molar-refractivity contribution >= 4 is 50.5 Å². The lowest BCUT2D eigenvalue weighted by molar-refractivity contribution is 0.420. The first-order valence-electron chi connectivity index (χ1n) is 9.10. The van der Waals surface area contributed by atoms with Crippen LogP contribution in [0.2, 0.25) is 5.02 Å². The molecule has 0 aliphatic carbocycles. The van der Waals surface area contributed by atoms with Crippen LogP contribution in [0, 0.1) is 11.3 Å². The summed E-state index contributed by atoms with van der Waals surface area (Å²) >= 11 is 8.80. The van der Waals surface area contributed by atoms with E-state index >= 15 is 0 Å². The van der Waals surface area contributed by atoms with Crippen LogP contribution < -0.4 is 0 Å². The van der Waals surface area contributed by atoms with Crippen LogP contribution >= 0.6 is 34.7 Å². The van der Waals surface area contributed by atoms with E-state index in [0.717, 1.165) is 15.8 Å². The first kappa shape index (κ1) is 20.4. The fraction of sp³-hybridized carbons (Fsp3) is 0.143. The van der Waals surface area contributed by atoms with Crippen LogP contribution in [0.15, 0.2) is 59.4 Å². The Kier molecular flexibility index (Phi) is 6.04. The van der Waals surface area contributed by atoms with Crippen molar-refractivity contribution in [3.05, 3.63) is 64.3 Å². The summed E-state index contributed by atoms with van der Waals surface area (Å²) in [7, 11) is 0. The standard InChI is InChI=1S/C21H16ClN5OS2/c1-2-27-19(13-6-5-7-14(22)10-13)25-26-21(27)29-12-17(28)15(11-23)20-24-16-8-3-4-9-18(16)30-20/h3-10,28H,2,12H2,1H3/b17-15-. The number of thioether (sulfide) groups is 1. The lowest BCUT2D eigenvalue weighted by Gasteiger charge is -2.08. The molecule has 6 nitrogen and oxygen atoms in total. The number of nitriles is 1. The van der Waals surface area contributed by atoms with Gasteiger partial charge in [0.25, 0.3) is 0 Å². The number of aliphatic hydroxyl groups is 1. The molecule has 150 valence electrons. The van der Waals surface area contributed by atoms with Crippen LogP contribution in [-0.4, -0.2) is 30.6 Å². The van der Waals surface area contributed by atoms with Crippen molar-refractivity contribution in [1.82, 2.24) is 19.7 Å². The summed E-state index contributed by atoms with van der Waals surface area (Å²) in [5.41, 5.74) is 1.86. The Morgan fingerprint density at radius 1 is 1.23 bits per heavy atom. The fourth-order valence-electron chi connectivity index (χ4n) is 2.94. The van der Waals surface area contributed by atoms with Gasteiger partial charge in [0.2, 0.25) is 0 Å². The minimum atomic E-state index is -0.0310. The Labute approximate surface area is 186 Å². The zero-order valence-electron chi connectivity index (χ0n) is 15.9. The number of hydrogen-bond acceptors (Lipinski definition) is 7. The van der Waals surface area contributed by atoms with Gasteiger partial charge in [0, 0.05) is 17.1 Å². The van der Waals surface area contributed by atoms with E-state index in [1.165, 1.54) is 23.1 Å². The highest BCUT2D eigenvalue weighted by molar-refractivity contribution is 7.99. The molecule has 0 fully saturated rings. The van der Waals surface area contributed by atoms with Crippen LogP contribution in [0.5, 0.6) is 0 Å². The van der Waals surface area contributed by atoms with E-state index in [2.05, 4.69) is 21.3 Å². The molecule has 0 spiro atoms. The second-order valence-corrected chi connectivity index (χ2v) is 8.68. The van der Waals surface area contributed by atoms with Crippen LogP contribution in [0.1, 0.15) is 11.9 Å². The highest BCUT2D eigenvalue weighted by Crippen LogP contribution is 2.31. The van der Waals surface area contributed by atoms with Gasteiger partial charge in [-0.25, -0.2) is 4.98 Å². The fourth-order valence-corrected chi connectivity index (χ4v) is 4.99. The summed E-state index contributed by atoms with van der Waals surface area (Å²) in [5, 5.41) is 30.5. The van der Waals surface area contributed by atoms with Gasteiger partial charge < -0.3 is 9.67 Å². The van der Waals surface area contributed by atoms with Crippen molar-refractivity contribution in [1.29, 1.82) is 5.26 Å². The van der Waals surface area contributed by atoms with Crippen LogP contribution in [0.25, 0.3) is 27.2 Å². The number of aromatic nitrogens is 4. The number of rotatable bonds is 6. The molecule has 0 unspecified atom stereocenters. The van der Waals surface area contributed by atoms with Crippen molar-refractivity contribution in [2.24, 2.45) is 0 Å². The van der Waals surface area contributed by atoms with Gasteiger partial charge in [-0.1, -0.05) is 47.6 Å². The first-order valence-corrected chi connectivity index (χ1v) is 11.3. The Morgan fingerprint density at radius 3 is 2.80 bits per heavy atom. The summed E-state index contributed by atoms with van der Waals surface area (Å²) in [4.78, 5) is 4.47. The van der Waals surface area contributed by atoms with Crippen LogP contribution in [0.3, 0.4) is 0 Å². The van der Waals surface area contributed by atoms with Crippen molar-refractivity contribution in [3.63, 3.8) is 0 Å². The normalized spacial score (nSPS) is 12.0. The number of benzene rings is 2. The number of para-hydroxylation sites is 1. The maximum atomic E-state index is 10.6. The minimum Gasteiger partial charge on any atom is -0.510 e. The van der Waals surface area contributed by atoms with Crippen molar-refractivity contribution in [2.45, 2.75) is 18.6 Å². The average molecular weight is 454 g/mol. The lowest BCUT2D eigenvalue weighted by atomic mass is 10.2. The van der Waals surface area contributed by atoms with Crippen LogP contribution in [0.4, 0.5) is 0 Å². The molecule has 0 amide bonds. The minimum absolute atomic E-state index is 0.0310. The Hall–Kier alpha value is -2.86. The van der Waals surface area contributed by atoms with Gasteiger partial charge in [-0.15, -0.1) is 21.5 Å². The summed E-state index contributed by atoms with van der Waals surface area (Å²) in [5.74, 6) is 0.862. The second-order valence-electron chi connectivity index (χ2n) is 6.27. The smallest absolute Gasteiger partial charge is 0.191 e. The first-order chi connectivity index (χ1) is 14.6. The molecule has 0 aliphatic rings. The molecule has 2 heterocycles. The molecule has 1 N–H and O–H groups in total. The molecule has 0 aliphatic heterocycles. The summed E-state index contributed by atoms with van der Waals surface area (Å²) in [6, 6.07) is 17.2. The van der Waals surface area contributed by atoms with E-state index in [-0.39, 0.29) is 17.1 Å². The molecule has 0 radical (unpaired) electrons. The number of hydrogen-bond donors (Lipinski definition) is 1. The third-order valence-corrected chi connectivity index (χ3v) is 6.63. The predicted octanol–water partition coefficient (Wildman–Crippen LogP) is 5.81. The summed E-state index contributed by atoms with van der Waals surface area (Å²) in [6.07, 6.45) is 0. The lowest BCUT2D eigenvalue weighted by Crippen LogP contribution is -2.01. The van der Waals surface area contributed by atoms with Gasteiger partial charge >= 0.3 is 0 Å². The Balaban J connectivity index is 1.59. The quantitative estimate of drug-likeness (QED) is 0.225. The topological polar surface area (TPSA) is 87.6 Å². The molecule has 2 aromatic heterocycles. The SMILES string of the molecule is CCn1c(SC/C(O)=C(\C#N)c2nc3ccccc3s2)nnc1-c1cccc(Cl)c1. The summed E-state index contributed by atoms with van der Waals surface area (Å²) in [6.45, 7) is 2.66. The molecule has 0 atom stereocenters. The second kappa shape index (κ2) is 8.88. The van der Waals surface area contributed by atoms with Gasteiger partial charge in [-0.05, 0) is 31.2 Å². The van der Waals surface area contributed by atoms with E-state index in [1.54, 1.807) is 0 Å². The van der Waals surface area contributed by atoms with Gasteiger partial charge in [0.1, 0.15) is 22.4 Å². The number of allylic oxidation sites excluding steroid dienone is 1. The Morgan fingerprint density at radius 2 is 2.07 bits per heavy atom. The maximum absolute atomic E-state index is 10.6. The zero-order valence-corrected chi connectivity index (χ0v) is 18.3. The van der Waals surface area contributed by atoms with E-state index in [0.29, 0.717) is 27.6 Å². The van der Waals surface area contributed by atoms with Crippen molar-refractivity contribution in [2.75, 3.05) is 5.75 Å². The van der Waals surface area contributed by atoms with Crippen molar-refractivity contribution in [3.8, 4) is 17.5 Å². The molecule has 0 bridgehead atoms. The van der Waals surface area contributed by atoms with E-state index in [1.807, 2.05) is 60.0 Å². The molecular formula is C21H16ClN5OS2. The predicted molar refractivity (Wildman–Crippen MR) is 122 cm³/mol. The molecule has 30 heavy (non-hydrogen) atoms. The molecule has 0 saturated carbocycles. The third-order valence-electron chi connectivity index (χ3n) is 4.36. The van der Waals surface area contributed by atoms with E-state index in [9.17, 15) is 10.4 Å². The van der Waals surface area contributed by atoms with Gasteiger partial charge in [0.15, 0.2) is 11.0 Å². The highest BCUT2D eigenvalue weighted by Gasteiger charge is 2.17. The average Bonchev–Trinajstić information content (AvgIpc) is 3.36.